The smallest absolute Gasteiger partial charge is 0.430 e. The predicted octanol–water partition coefficient (Wildman–Crippen LogP) is 4.93. The molecule has 2 aliphatic carbocycles. The number of anilines is 1. The molecule has 1 atom stereocenters. The molecule has 2 amide bonds. The normalized spacial score (nSPS) is 20.0. The Balaban J connectivity index is 1.12. The number of hydrogen-bond donors (Lipinski definition) is 2. The maximum Gasteiger partial charge on any atom is 0.430 e. The molecule has 1 aromatic carbocycles. The van der Waals surface area contributed by atoms with Crippen LogP contribution in [0.1, 0.15) is 60.9 Å². The Morgan fingerprint density at radius 1 is 1.19 bits per heavy atom. The van der Waals surface area contributed by atoms with Crippen molar-refractivity contribution in [2.75, 3.05) is 38.7 Å². The van der Waals surface area contributed by atoms with Crippen LogP contribution in [-0.4, -0.2) is 72.8 Å². The van der Waals surface area contributed by atoms with Gasteiger partial charge in [-0.05, 0) is 80.5 Å². The van der Waals surface area contributed by atoms with E-state index < -0.39 is 23.2 Å². The number of nitrogens with one attached hydrogen (secondary N) is 1. The van der Waals surface area contributed by atoms with Gasteiger partial charge in [0, 0.05) is 38.3 Å². The summed E-state index contributed by atoms with van der Waals surface area (Å²) in [6.07, 6.45) is 1.12. The van der Waals surface area contributed by atoms with E-state index in [2.05, 4.69) is 15.2 Å². The first kappa shape index (κ1) is 30.4. The number of piperidine rings is 1. The second-order valence-corrected chi connectivity index (χ2v) is 12.3. The molecule has 42 heavy (non-hydrogen) atoms. The fourth-order valence-corrected chi connectivity index (χ4v) is 6.49. The summed E-state index contributed by atoms with van der Waals surface area (Å²) in [5.41, 5.74) is -3.69. The van der Waals surface area contributed by atoms with Crippen LogP contribution in [0.3, 0.4) is 0 Å². The summed E-state index contributed by atoms with van der Waals surface area (Å²) in [5.74, 6) is -0.465. The van der Waals surface area contributed by atoms with E-state index in [1.54, 1.807) is 6.07 Å². The lowest BCUT2D eigenvalue weighted by atomic mass is 9.57. The molecule has 2 N–H and O–H groups in total. The summed E-state index contributed by atoms with van der Waals surface area (Å²) in [4.78, 5) is 33.0. The molecule has 2 heterocycles. The highest BCUT2D eigenvalue weighted by atomic mass is 35.5. The zero-order chi connectivity index (χ0) is 30.3. The molecule has 2 saturated carbocycles. The quantitative estimate of drug-likeness (QED) is 0.392. The molecule has 3 fully saturated rings. The zero-order valence-electron chi connectivity index (χ0n) is 23.7. The topological polar surface area (TPSA) is 95.0 Å². The number of amides is 2. The highest BCUT2D eigenvalue weighted by Gasteiger charge is 2.62. The fourth-order valence-electron chi connectivity index (χ4n) is 6.26. The van der Waals surface area contributed by atoms with E-state index in [4.69, 9.17) is 16.3 Å². The fraction of sp³-hybridized carbons (Fsp3) is 0.567. The average Bonchev–Trinajstić information content (AvgIpc) is 3.77. The van der Waals surface area contributed by atoms with Crippen molar-refractivity contribution >= 4 is 29.2 Å². The third-order valence-electron chi connectivity index (χ3n) is 9.01. The summed E-state index contributed by atoms with van der Waals surface area (Å²) < 4.78 is 47.2. The van der Waals surface area contributed by atoms with Crippen molar-refractivity contribution in [1.29, 1.82) is 0 Å². The number of benzene rings is 1. The number of ether oxygens (including phenoxy) is 1. The minimum atomic E-state index is -5.21. The molecule has 2 aromatic rings. The molecule has 1 spiro atoms. The first-order valence-electron chi connectivity index (χ1n) is 14.3. The minimum Gasteiger partial charge on any atom is -0.497 e. The molecule has 0 bridgehead atoms. The Kier molecular flexibility index (Phi) is 8.37. The third kappa shape index (κ3) is 6.04. The SMILES string of the molecule is COc1cccc(C(O)(C(=O)N(C)CCC2CC3(CCN(c4ccc(C(=O)NC5CC5)c(Cl)n4)CC3)C2)C(F)(F)F)c1. The number of methoxy groups -OCH3 is 1. The lowest BCUT2D eigenvalue weighted by Crippen LogP contribution is -2.55. The number of alkyl halides is 3. The van der Waals surface area contributed by atoms with E-state index in [1.807, 2.05) is 6.07 Å². The summed E-state index contributed by atoms with van der Waals surface area (Å²) in [6.45, 7) is 1.69. The van der Waals surface area contributed by atoms with Crippen LogP contribution in [0.25, 0.3) is 0 Å². The van der Waals surface area contributed by atoms with Gasteiger partial charge in [-0.15, -0.1) is 0 Å². The Labute approximate surface area is 248 Å². The van der Waals surface area contributed by atoms with Crippen molar-refractivity contribution in [3.05, 3.63) is 52.7 Å². The number of hydrogen-bond acceptors (Lipinski definition) is 6. The molecule has 1 aliphatic heterocycles. The van der Waals surface area contributed by atoms with Crippen molar-refractivity contribution < 1.29 is 32.6 Å². The molecule has 1 saturated heterocycles. The maximum absolute atomic E-state index is 14.1. The van der Waals surface area contributed by atoms with Gasteiger partial charge in [0.1, 0.15) is 16.7 Å². The maximum atomic E-state index is 14.1. The lowest BCUT2D eigenvalue weighted by molar-refractivity contribution is -0.261. The number of pyridine rings is 1. The van der Waals surface area contributed by atoms with Gasteiger partial charge < -0.3 is 25.0 Å². The van der Waals surface area contributed by atoms with E-state index >= 15 is 0 Å². The molecule has 228 valence electrons. The first-order valence-corrected chi connectivity index (χ1v) is 14.6. The minimum absolute atomic E-state index is 0.108. The van der Waals surface area contributed by atoms with E-state index in [1.165, 1.54) is 26.3 Å². The largest absolute Gasteiger partial charge is 0.497 e. The highest BCUT2D eigenvalue weighted by Crippen LogP contribution is 2.54. The van der Waals surface area contributed by atoms with E-state index in [9.17, 15) is 27.9 Å². The van der Waals surface area contributed by atoms with Gasteiger partial charge >= 0.3 is 6.18 Å². The van der Waals surface area contributed by atoms with Gasteiger partial charge in [-0.3, -0.25) is 9.59 Å². The number of aliphatic hydroxyl groups is 1. The molecular weight excluding hydrogens is 573 g/mol. The van der Waals surface area contributed by atoms with E-state index in [-0.39, 0.29) is 34.8 Å². The molecule has 12 heteroatoms. The Bertz CT molecular complexity index is 1320. The van der Waals surface area contributed by atoms with Gasteiger partial charge in [0.05, 0.1) is 12.7 Å². The molecule has 3 aliphatic rings. The average molecular weight is 609 g/mol. The van der Waals surface area contributed by atoms with Crippen LogP contribution in [0.5, 0.6) is 5.75 Å². The number of carbonyl (C=O) groups excluding carboxylic acids is 2. The molecule has 0 radical (unpaired) electrons. The van der Waals surface area contributed by atoms with Crippen molar-refractivity contribution in [1.82, 2.24) is 15.2 Å². The van der Waals surface area contributed by atoms with Gasteiger partial charge in [0.2, 0.25) is 0 Å². The van der Waals surface area contributed by atoms with Crippen LogP contribution in [0.4, 0.5) is 19.0 Å². The number of likely N-dealkylation sites (N-methyl/N-ethyl adjacent to an activating group) is 1. The van der Waals surface area contributed by atoms with Crippen LogP contribution < -0.4 is 15.0 Å². The molecule has 5 rings (SSSR count). The van der Waals surface area contributed by atoms with Gasteiger partial charge in [-0.1, -0.05) is 23.7 Å². The van der Waals surface area contributed by atoms with Gasteiger partial charge in [-0.25, -0.2) is 4.98 Å². The summed E-state index contributed by atoms with van der Waals surface area (Å²) in [6, 6.07) is 8.65. The van der Waals surface area contributed by atoms with E-state index in [0.717, 1.165) is 74.5 Å². The predicted molar refractivity (Wildman–Crippen MR) is 152 cm³/mol. The van der Waals surface area contributed by atoms with Gasteiger partial charge in [0.25, 0.3) is 17.4 Å². The van der Waals surface area contributed by atoms with E-state index in [0.29, 0.717) is 17.9 Å². The highest BCUT2D eigenvalue weighted by molar-refractivity contribution is 6.32. The number of rotatable bonds is 9. The summed E-state index contributed by atoms with van der Waals surface area (Å²) in [5, 5.41) is 13.8. The number of aromatic nitrogens is 1. The van der Waals surface area contributed by atoms with Crippen molar-refractivity contribution in [2.45, 2.75) is 62.8 Å². The number of carbonyl (C=O) groups is 2. The molecule has 1 aromatic heterocycles. The van der Waals surface area contributed by atoms with Gasteiger partial charge in [-0.2, -0.15) is 13.2 Å². The Hall–Kier alpha value is -3.05. The lowest BCUT2D eigenvalue weighted by Gasteiger charge is -2.53. The zero-order valence-corrected chi connectivity index (χ0v) is 24.5. The summed E-state index contributed by atoms with van der Waals surface area (Å²) >= 11 is 6.33. The third-order valence-corrected chi connectivity index (χ3v) is 9.30. The molecule has 8 nitrogen and oxygen atoms in total. The van der Waals surface area contributed by atoms with Crippen molar-refractivity contribution in [3.8, 4) is 5.75 Å². The second kappa shape index (κ2) is 11.6. The second-order valence-electron chi connectivity index (χ2n) is 12.0. The summed E-state index contributed by atoms with van der Waals surface area (Å²) in [7, 11) is 2.60. The molecular formula is C30H36ClF3N4O4. The van der Waals surface area contributed by atoms with Crippen LogP contribution in [-0.2, 0) is 10.4 Å². The Morgan fingerprint density at radius 2 is 1.88 bits per heavy atom. The monoisotopic (exact) mass is 608 g/mol. The van der Waals surface area contributed by atoms with Crippen molar-refractivity contribution in [3.63, 3.8) is 0 Å². The molecule has 1 unspecified atom stereocenters. The van der Waals surface area contributed by atoms with Crippen LogP contribution >= 0.6 is 11.6 Å². The van der Waals surface area contributed by atoms with Crippen LogP contribution in [0.2, 0.25) is 5.15 Å². The van der Waals surface area contributed by atoms with Gasteiger partial charge in [0.15, 0.2) is 0 Å². The Morgan fingerprint density at radius 3 is 2.48 bits per heavy atom. The van der Waals surface area contributed by atoms with Crippen molar-refractivity contribution in [2.24, 2.45) is 11.3 Å². The number of nitrogens with zero attached hydrogens (tertiary/aromatic N) is 3. The first-order chi connectivity index (χ1) is 19.8. The van der Waals surface area contributed by atoms with Crippen LogP contribution in [0, 0.1) is 11.3 Å². The number of halogens is 4. The van der Waals surface area contributed by atoms with Crippen LogP contribution in [0.15, 0.2) is 36.4 Å². The standard InChI is InChI=1S/C30H36ClF3N4O4/c1-37(27(40)29(41,30(32,33)34)20-4-3-5-22(16-20)42-2)13-10-19-17-28(18-19)11-14-38(15-12-28)24-9-8-23(25(31)36-24)26(39)35-21-6-7-21/h3-5,8-9,16,19,21,41H,6-7,10-15,17-18H2,1-2H3,(H,35,39).